The summed E-state index contributed by atoms with van der Waals surface area (Å²) >= 11 is 2.25. The molecule has 0 spiro atoms. The normalized spacial score (nSPS) is 40.8. The van der Waals surface area contributed by atoms with Crippen molar-refractivity contribution in [1.82, 2.24) is 0 Å². The predicted octanol–water partition coefficient (Wildman–Crippen LogP) is 3.07. The molecule has 1 heteroatoms. The average Bonchev–Trinajstić information content (AvgIpc) is 2.17. The van der Waals surface area contributed by atoms with Crippen LogP contribution in [0.1, 0.15) is 38.5 Å². The van der Waals surface area contributed by atoms with Crippen molar-refractivity contribution >= 4 is 11.8 Å². The largest absolute Gasteiger partial charge is 0.158 e. The van der Waals surface area contributed by atoms with Gasteiger partial charge >= 0.3 is 0 Å². The van der Waals surface area contributed by atoms with Gasteiger partial charge < -0.3 is 0 Å². The molecule has 0 aromatic carbocycles. The minimum atomic E-state index is 1.05. The lowest BCUT2D eigenvalue weighted by Crippen LogP contribution is -2.03. The zero-order chi connectivity index (χ0) is 6.81. The first-order valence-electron chi connectivity index (χ1n) is 4.57. The first-order valence-corrected chi connectivity index (χ1v) is 5.61. The zero-order valence-electron chi connectivity index (χ0n) is 6.51. The minimum Gasteiger partial charge on any atom is -0.158 e. The Kier molecular flexibility index (Phi) is 2.22. The van der Waals surface area contributed by atoms with Crippen LogP contribution in [0.2, 0.25) is 0 Å². The summed E-state index contributed by atoms with van der Waals surface area (Å²) in [6, 6.07) is 0. The van der Waals surface area contributed by atoms with Crippen LogP contribution in [0.4, 0.5) is 0 Å². The van der Waals surface area contributed by atoms with Gasteiger partial charge in [-0.05, 0) is 37.4 Å². The fourth-order valence-electron chi connectivity index (χ4n) is 2.16. The van der Waals surface area contributed by atoms with Gasteiger partial charge in [0.15, 0.2) is 0 Å². The molecular weight excluding hydrogens is 140 g/mol. The van der Waals surface area contributed by atoms with E-state index in [1.165, 1.54) is 44.3 Å². The molecule has 0 nitrogen and oxygen atoms in total. The molecule has 10 heavy (non-hydrogen) atoms. The minimum absolute atomic E-state index is 1.05. The van der Waals surface area contributed by atoms with Gasteiger partial charge in [0.2, 0.25) is 0 Å². The van der Waals surface area contributed by atoms with E-state index in [-0.39, 0.29) is 0 Å². The van der Waals surface area contributed by atoms with E-state index in [1.807, 2.05) is 0 Å². The van der Waals surface area contributed by atoms with Crippen molar-refractivity contribution in [3.63, 3.8) is 0 Å². The topological polar surface area (TPSA) is 0 Å². The molecule has 0 aromatic rings. The van der Waals surface area contributed by atoms with E-state index in [0.717, 1.165) is 11.2 Å². The fraction of sp³-hybridized carbons (Fsp3) is 1.00. The van der Waals surface area contributed by atoms with Gasteiger partial charge in [-0.2, -0.15) is 11.8 Å². The molecule has 0 unspecified atom stereocenters. The molecule has 0 aromatic heterocycles. The van der Waals surface area contributed by atoms with E-state index in [9.17, 15) is 0 Å². The molecule has 2 rings (SSSR count). The van der Waals surface area contributed by atoms with Crippen LogP contribution in [0.15, 0.2) is 0 Å². The number of fused-ring (bicyclic) bond motifs is 3. The van der Waals surface area contributed by atoms with Gasteiger partial charge in [-0.3, -0.25) is 0 Å². The lowest BCUT2D eigenvalue weighted by atomic mass is 9.93. The van der Waals surface area contributed by atoms with Gasteiger partial charge in [0.25, 0.3) is 0 Å². The molecule has 0 saturated carbocycles. The summed E-state index contributed by atoms with van der Waals surface area (Å²) in [7, 11) is 0. The van der Waals surface area contributed by atoms with Crippen molar-refractivity contribution in [2.24, 2.45) is 5.92 Å². The number of thioether (sulfide) groups is 1. The molecule has 0 aliphatic carbocycles. The van der Waals surface area contributed by atoms with Gasteiger partial charge in [-0.1, -0.05) is 12.8 Å². The standard InChI is InChI=1S/C9H16S/c1-3-8-4-2-6-9(5-1)10-7-8/h8-9H,1-7H2. The highest BCUT2D eigenvalue weighted by molar-refractivity contribution is 7.99. The SMILES string of the molecule is C1CC2CCCC(C1)SC2. The molecule has 0 atom stereocenters. The molecule has 2 heterocycles. The first kappa shape index (κ1) is 7.02. The van der Waals surface area contributed by atoms with Crippen LogP contribution >= 0.6 is 11.8 Å². The molecule has 2 bridgehead atoms. The van der Waals surface area contributed by atoms with Gasteiger partial charge in [-0.15, -0.1) is 0 Å². The van der Waals surface area contributed by atoms with Gasteiger partial charge in [0.1, 0.15) is 0 Å². The summed E-state index contributed by atoms with van der Waals surface area (Å²) in [5.74, 6) is 2.57. The maximum Gasteiger partial charge on any atom is 0.00471 e. The van der Waals surface area contributed by atoms with Crippen LogP contribution in [-0.2, 0) is 0 Å². The van der Waals surface area contributed by atoms with Crippen LogP contribution in [0.5, 0.6) is 0 Å². The summed E-state index contributed by atoms with van der Waals surface area (Å²) < 4.78 is 0. The van der Waals surface area contributed by atoms with Crippen molar-refractivity contribution in [2.45, 2.75) is 43.8 Å². The molecule has 2 saturated heterocycles. The second-order valence-electron chi connectivity index (χ2n) is 3.68. The van der Waals surface area contributed by atoms with E-state index in [1.54, 1.807) is 0 Å². The van der Waals surface area contributed by atoms with Crippen LogP contribution < -0.4 is 0 Å². The summed E-state index contributed by atoms with van der Waals surface area (Å²) in [4.78, 5) is 0. The monoisotopic (exact) mass is 156 g/mol. The molecule has 2 aliphatic rings. The van der Waals surface area contributed by atoms with Crippen molar-refractivity contribution in [1.29, 1.82) is 0 Å². The Hall–Kier alpha value is 0.350. The van der Waals surface area contributed by atoms with Crippen molar-refractivity contribution in [2.75, 3.05) is 5.75 Å². The Morgan fingerprint density at radius 3 is 2.30 bits per heavy atom. The second-order valence-corrected chi connectivity index (χ2v) is 5.02. The molecule has 0 N–H and O–H groups in total. The Labute approximate surface area is 67.8 Å². The van der Waals surface area contributed by atoms with Crippen molar-refractivity contribution in [3.8, 4) is 0 Å². The molecule has 58 valence electrons. The van der Waals surface area contributed by atoms with Gasteiger partial charge in [0.05, 0.1) is 0 Å². The molecule has 0 radical (unpaired) electrons. The Bertz CT molecular complexity index is 89.3. The van der Waals surface area contributed by atoms with Crippen LogP contribution in [-0.4, -0.2) is 11.0 Å². The summed E-state index contributed by atoms with van der Waals surface area (Å²) in [6.07, 6.45) is 9.12. The van der Waals surface area contributed by atoms with E-state index >= 15 is 0 Å². The van der Waals surface area contributed by atoms with Crippen LogP contribution in [0.25, 0.3) is 0 Å². The molecular formula is C9H16S. The maximum atomic E-state index is 2.25. The first-order chi connectivity index (χ1) is 4.95. The lowest BCUT2D eigenvalue weighted by molar-refractivity contribution is 0.430. The summed E-state index contributed by atoms with van der Waals surface area (Å²) in [6.45, 7) is 0. The smallest absolute Gasteiger partial charge is 0.00471 e. The molecule has 2 aliphatic heterocycles. The van der Waals surface area contributed by atoms with Gasteiger partial charge in [0, 0.05) is 5.25 Å². The highest BCUT2D eigenvalue weighted by Gasteiger charge is 2.22. The third-order valence-electron chi connectivity index (χ3n) is 2.84. The number of hydrogen-bond donors (Lipinski definition) is 0. The van der Waals surface area contributed by atoms with Gasteiger partial charge in [-0.25, -0.2) is 0 Å². The third kappa shape index (κ3) is 1.50. The van der Waals surface area contributed by atoms with E-state index < -0.39 is 0 Å². The molecule has 2 fully saturated rings. The lowest BCUT2D eigenvalue weighted by Gasteiger charge is -2.13. The molecule has 0 amide bonds. The van der Waals surface area contributed by atoms with Crippen LogP contribution in [0, 0.1) is 5.92 Å². The summed E-state index contributed by atoms with van der Waals surface area (Å²) in [5.41, 5.74) is 0. The highest BCUT2D eigenvalue weighted by Crippen LogP contribution is 2.36. The number of rotatable bonds is 0. The van der Waals surface area contributed by atoms with Crippen LogP contribution in [0.3, 0.4) is 0 Å². The Morgan fingerprint density at radius 2 is 1.60 bits per heavy atom. The number of hydrogen-bond acceptors (Lipinski definition) is 1. The Morgan fingerprint density at radius 1 is 0.900 bits per heavy atom. The third-order valence-corrected chi connectivity index (χ3v) is 4.45. The fourth-order valence-corrected chi connectivity index (χ4v) is 3.71. The highest BCUT2D eigenvalue weighted by atomic mass is 32.2. The maximum absolute atomic E-state index is 2.25. The predicted molar refractivity (Wildman–Crippen MR) is 47.4 cm³/mol. The summed E-state index contributed by atoms with van der Waals surface area (Å²) in [5, 5.41) is 1.05. The van der Waals surface area contributed by atoms with E-state index in [4.69, 9.17) is 0 Å². The van der Waals surface area contributed by atoms with E-state index in [2.05, 4.69) is 11.8 Å². The van der Waals surface area contributed by atoms with Crippen molar-refractivity contribution in [3.05, 3.63) is 0 Å². The quantitative estimate of drug-likeness (QED) is 0.519. The Balaban J connectivity index is 2.01. The van der Waals surface area contributed by atoms with E-state index in [0.29, 0.717) is 0 Å². The zero-order valence-corrected chi connectivity index (χ0v) is 7.33. The van der Waals surface area contributed by atoms with Crippen molar-refractivity contribution < 1.29 is 0 Å². The second kappa shape index (κ2) is 3.17. The average molecular weight is 156 g/mol.